The van der Waals surface area contributed by atoms with Crippen molar-refractivity contribution in [3.8, 4) is 5.69 Å². The predicted molar refractivity (Wildman–Crippen MR) is 106 cm³/mol. The number of rotatable bonds is 3. The molecule has 5 rings (SSSR count). The van der Waals surface area contributed by atoms with Crippen LogP contribution in [-0.2, 0) is 0 Å². The van der Waals surface area contributed by atoms with Gasteiger partial charge in [0, 0.05) is 17.3 Å². The van der Waals surface area contributed by atoms with Crippen LogP contribution in [-0.4, -0.2) is 70.4 Å². The Morgan fingerprint density at radius 1 is 1.06 bits per heavy atom. The molecule has 11 heteroatoms. The van der Waals surface area contributed by atoms with E-state index in [0.29, 0.717) is 22.4 Å². The first kappa shape index (κ1) is 19.6. The number of nitrogens with zero attached hydrogens (tertiary/aromatic N) is 5. The number of amides is 2. The lowest BCUT2D eigenvalue weighted by Gasteiger charge is -2.34. The summed E-state index contributed by atoms with van der Waals surface area (Å²) >= 11 is 0. The molecule has 4 heterocycles. The monoisotopic (exact) mass is 434 g/mol. The summed E-state index contributed by atoms with van der Waals surface area (Å²) in [5, 5.41) is 7.44. The molecule has 2 aromatic heterocycles. The first-order chi connectivity index (χ1) is 14.9. The molecule has 0 saturated carbocycles. The van der Waals surface area contributed by atoms with Gasteiger partial charge in [0.15, 0.2) is 18.0 Å². The molecule has 1 N–H and O–H groups in total. The van der Waals surface area contributed by atoms with E-state index >= 15 is 0 Å². The molecular weight excluding hydrogens is 416 g/mol. The van der Waals surface area contributed by atoms with Gasteiger partial charge in [-0.25, -0.2) is 32.0 Å². The van der Waals surface area contributed by atoms with Gasteiger partial charge in [-0.2, -0.15) is 0 Å². The predicted octanol–water partition coefficient (Wildman–Crippen LogP) is 3.24. The molecule has 1 aromatic carbocycles. The number of pyridine rings is 1. The van der Waals surface area contributed by atoms with Crippen molar-refractivity contribution in [2.75, 3.05) is 36.4 Å². The van der Waals surface area contributed by atoms with Crippen LogP contribution in [0.4, 0.5) is 33.7 Å². The van der Waals surface area contributed by atoms with Crippen molar-refractivity contribution in [2.24, 2.45) is 0 Å². The molecule has 0 radical (unpaired) electrons. The summed E-state index contributed by atoms with van der Waals surface area (Å²) in [6, 6.07) is 5.23. The third-order valence-electron chi connectivity index (χ3n) is 5.46. The van der Waals surface area contributed by atoms with Gasteiger partial charge in [0.2, 0.25) is 0 Å². The van der Waals surface area contributed by atoms with Crippen LogP contribution in [0.15, 0.2) is 36.7 Å². The van der Waals surface area contributed by atoms with Crippen LogP contribution in [0.25, 0.3) is 16.7 Å². The van der Waals surface area contributed by atoms with Crippen molar-refractivity contribution < 1.29 is 22.4 Å². The van der Waals surface area contributed by atoms with E-state index in [9.17, 15) is 22.4 Å². The fourth-order valence-corrected chi connectivity index (χ4v) is 3.69. The van der Waals surface area contributed by atoms with Crippen LogP contribution in [0, 0.1) is 5.82 Å². The summed E-state index contributed by atoms with van der Waals surface area (Å²) in [6.45, 7) is -0.0540. The van der Waals surface area contributed by atoms with E-state index in [0.717, 1.165) is 0 Å². The van der Waals surface area contributed by atoms with Crippen molar-refractivity contribution in [3.05, 3.63) is 42.5 Å². The molecule has 2 fully saturated rings. The maximum absolute atomic E-state index is 14.5. The molecule has 2 aliphatic heterocycles. The number of likely N-dealkylation sites (tertiary alicyclic amines) is 1. The van der Waals surface area contributed by atoms with E-state index in [4.69, 9.17) is 0 Å². The first-order valence-corrected chi connectivity index (χ1v) is 9.76. The fraction of sp³-hybridized carbons (Fsp3) is 0.350. The Kier molecular flexibility index (Phi) is 4.67. The zero-order chi connectivity index (χ0) is 21.7. The third-order valence-corrected chi connectivity index (χ3v) is 5.46. The van der Waals surface area contributed by atoms with Gasteiger partial charge in [-0.15, -0.1) is 5.10 Å². The van der Waals surface area contributed by atoms with Gasteiger partial charge < -0.3 is 15.1 Å². The van der Waals surface area contributed by atoms with Gasteiger partial charge in [0.1, 0.15) is 17.7 Å². The molecule has 2 saturated heterocycles. The van der Waals surface area contributed by atoms with Crippen LogP contribution in [0.5, 0.6) is 0 Å². The number of urea groups is 1. The second-order valence-corrected chi connectivity index (χ2v) is 7.72. The number of aromatic nitrogens is 3. The van der Waals surface area contributed by atoms with Gasteiger partial charge in [-0.1, -0.05) is 0 Å². The molecule has 0 aliphatic carbocycles. The molecule has 2 aliphatic rings. The molecule has 31 heavy (non-hydrogen) atoms. The first-order valence-electron chi connectivity index (χ1n) is 9.76. The van der Waals surface area contributed by atoms with E-state index in [1.807, 2.05) is 0 Å². The minimum absolute atomic E-state index is 0.0295. The Morgan fingerprint density at radius 3 is 2.52 bits per heavy atom. The number of halogens is 4. The highest BCUT2D eigenvalue weighted by Crippen LogP contribution is 2.27. The Morgan fingerprint density at radius 2 is 1.81 bits per heavy atom. The second-order valence-electron chi connectivity index (χ2n) is 7.72. The normalized spacial score (nSPS) is 21.5. The Balaban J connectivity index is 1.40. The number of hydrogen-bond acceptors (Lipinski definition) is 4. The quantitative estimate of drug-likeness (QED) is 0.643. The molecule has 3 aromatic rings. The lowest BCUT2D eigenvalue weighted by Crippen LogP contribution is -2.53. The molecule has 162 valence electrons. The van der Waals surface area contributed by atoms with Gasteiger partial charge in [-0.05, 0) is 24.3 Å². The van der Waals surface area contributed by atoms with Gasteiger partial charge >= 0.3 is 6.03 Å². The van der Waals surface area contributed by atoms with Crippen molar-refractivity contribution in [1.29, 1.82) is 0 Å². The SMILES string of the molecule is O=C(Nc1ccc(F)c(-n2cc3cc(N4C[C@@H](F)[C@H](F)C4)cnc3n2)c1)N1CC(F)C1. The minimum Gasteiger partial charge on any atom is -0.364 e. The number of carbonyl (C=O) groups is 1. The second kappa shape index (κ2) is 7.40. The number of nitrogens with one attached hydrogen (secondary N) is 1. The molecule has 0 bridgehead atoms. The van der Waals surface area contributed by atoms with E-state index in [-0.39, 0.29) is 31.9 Å². The standard InChI is InChI=1S/C20H18F4N6O/c21-12-7-29(8-12)20(31)26-13-1-2-15(22)18(4-13)30-6-11-3-14(5-25-19(11)27-30)28-9-16(23)17(24)10-28/h1-6,12,16-17H,7-10H2,(H,26,31)/t16-,17-/m1/s1. The summed E-state index contributed by atoms with van der Waals surface area (Å²) in [7, 11) is 0. The lowest BCUT2D eigenvalue weighted by molar-refractivity contribution is 0.0974. The van der Waals surface area contributed by atoms with Crippen LogP contribution < -0.4 is 10.2 Å². The molecule has 7 nitrogen and oxygen atoms in total. The van der Waals surface area contributed by atoms with Crippen LogP contribution >= 0.6 is 0 Å². The van der Waals surface area contributed by atoms with E-state index in [2.05, 4.69) is 15.4 Å². The van der Waals surface area contributed by atoms with Crippen molar-refractivity contribution in [1.82, 2.24) is 19.7 Å². The van der Waals surface area contributed by atoms with Crippen molar-refractivity contribution >= 4 is 28.4 Å². The summed E-state index contributed by atoms with van der Waals surface area (Å²) in [5.41, 5.74) is 1.30. The number of anilines is 2. The number of alkyl halides is 3. The molecule has 2 atom stereocenters. The van der Waals surface area contributed by atoms with E-state index in [1.54, 1.807) is 17.2 Å². The molecule has 2 amide bonds. The Labute approximate surface area is 174 Å². The summed E-state index contributed by atoms with van der Waals surface area (Å²) in [4.78, 5) is 19.2. The minimum atomic E-state index is -1.54. The van der Waals surface area contributed by atoms with E-state index < -0.39 is 30.4 Å². The van der Waals surface area contributed by atoms with E-state index in [1.165, 1.54) is 34.0 Å². The Hall–Kier alpha value is -3.37. The average Bonchev–Trinajstić information content (AvgIpc) is 3.29. The highest BCUT2D eigenvalue weighted by Gasteiger charge is 2.33. The number of hydrogen-bond donors (Lipinski definition) is 1. The molecule has 0 unspecified atom stereocenters. The van der Waals surface area contributed by atoms with Crippen LogP contribution in [0.1, 0.15) is 0 Å². The largest absolute Gasteiger partial charge is 0.364 e. The summed E-state index contributed by atoms with van der Waals surface area (Å²) in [6.07, 6.45) is -1.08. The van der Waals surface area contributed by atoms with Crippen LogP contribution in [0.3, 0.4) is 0 Å². The van der Waals surface area contributed by atoms with Gasteiger partial charge in [0.25, 0.3) is 0 Å². The van der Waals surface area contributed by atoms with Gasteiger partial charge in [0.05, 0.1) is 38.1 Å². The van der Waals surface area contributed by atoms with Gasteiger partial charge in [-0.3, -0.25) is 0 Å². The maximum atomic E-state index is 14.5. The maximum Gasteiger partial charge on any atom is 0.322 e. The summed E-state index contributed by atoms with van der Waals surface area (Å²) < 4.78 is 55.7. The number of fused-ring (bicyclic) bond motifs is 1. The zero-order valence-corrected chi connectivity index (χ0v) is 16.2. The lowest BCUT2D eigenvalue weighted by atomic mass is 10.2. The zero-order valence-electron chi connectivity index (χ0n) is 16.2. The highest BCUT2D eigenvalue weighted by atomic mass is 19.2. The smallest absolute Gasteiger partial charge is 0.322 e. The van der Waals surface area contributed by atoms with Crippen molar-refractivity contribution in [3.63, 3.8) is 0 Å². The Bertz CT molecular complexity index is 1140. The fourth-order valence-electron chi connectivity index (χ4n) is 3.69. The number of benzene rings is 1. The number of carbonyl (C=O) groups excluding carboxylic acids is 1. The topological polar surface area (TPSA) is 66.3 Å². The molecule has 0 spiro atoms. The van der Waals surface area contributed by atoms with Crippen LogP contribution in [0.2, 0.25) is 0 Å². The van der Waals surface area contributed by atoms with Crippen molar-refractivity contribution in [2.45, 2.75) is 18.5 Å². The third kappa shape index (κ3) is 3.64. The average molecular weight is 434 g/mol. The highest BCUT2D eigenvalue weighted by molar-refractivity contribution is 5.90. The summed E-state index contributed by atoms with van der Waals surface area (Å²) in [5.74, 6) is -0.570. The molecular formula is C20H18F4N6O.